The highest BCUT2D eigenvalue weighted by Gasteiger charge is 2.14. The van der Waals surface area contributed by atoms with E-state index in [0.717, 1.165) is 22.7 Å². The Kier molecular flexibility index (Phi) is 5.79. The van der Waals surface area contributed by atoms with Crippen LogP contribution in [-0.4, -0.2) is 21.2 Å². The summed E-state index contributed by atoms with van der Waals surface area (Å²) in [6, 6.07) is 11.0. The minimum Gasteiger partial charge on any atom is -0.323 e. The molecule has 1 aromatic heterocycles. The summed E-state index contributed by atoms with van der Waals surface area (Å²) in [5.41, 5.74) is 2.33. The fourth-order valence-electron chi connectivity index (χ4n) is 2.44. The van der Waals surface area contributed by atoms with E-state index < -0.39 is 0 Å². The summed E-state index contributed by atoms with van der Waals surface area (Å²) < 4.78 is 2.08. The van der Waals surface area contributed by atoms with Gasteiger partial charge < -0.3 is 9.88 Å². The number of nitrogens with one attached hydrogen (secondary N) is 1. The number of aromatic nitrogens is 2. The molecule has 3 aromatic rings. The first kappa shape index (κ1) is 18.4. The van der Waals surface area contributed by atoms with Crippen molar-refractivity contribution in [1.82, 2.24) is 9.55 Å². The zero-order valence-electron chi connectivity index (χ0n) is 13.2. The van der Waals surface area contributed by atoms with Crippen LogP contribution in [0.4, 0.5) is 5.69 Å². The third kappa shape index (κ3) is 4.06. The van der Waals surface area contributed by atoms with E-state index in [1.165, 1.54) is 23.9 Å². The lowest BCUT2D eigenvalue weighted by atomic mass is 10.3. The number of halogens is 3. The minimum absolute atomic E-state index is 0.193. The van der Waals surface area contributed by atoms with Crippen molar-refractivity contribution in [2.75, 3.05) is 11.1 Å². The van der Waals surface area contributed by atoms with E-state index in [4.69, 9.17) is 34.8 Å². The molecule has 1 N–H and O–H groups in total. The van der Waals surface area contributed by atoms with Gasteiger partial charge >= 0.3 is 0 Å². The maximum atomic E-state index is 12.3. The smallest absolute Gasteiger partial charge is 0.234 e. The van der Waals surface area contributed by atoms with Crippen LogP contribution in [0.25, 0.3) is 11.0 Å². The van der Waals surface area contributed by atoms with Crippen molar-refractivity contribution < 1.29 is 4.79 Å². The third-order valence-electron chi connectivity index (χ3n) is 3.54. The lowest BCUT2D eigenvalue weighted by Crippen LogP contribution is -2.15. The number of benzene rings is 2. The fraction of sp³-hybridized carbons (Fsp3) is 0.176. The Morgan fingerprint density at radius 2 is 1.88 bits per heavy atom. The summed E-state index contributed by atoms with van der Waals surface area (Å²) in [5.74, 6) is -0.0238. The molecule has 25 heavy (non-hydrogen) atoms. The quantitative estimate of drug-likeness (QED) is 0.541. The van der Waals surface area contributed by atoms with Gasteiger partial charge in [0.05, 0.1) is 32.5 Å². The van der Waals surface area contributed by atoms with Gasteiger partial charge in [-0.05, 0) is 31.2 Å². The molecule has 0 saturated carbocycles. The maximum Gasteiger partial charge on any atom is 0.234 e. The molecular formula is C17H14Cl3N3OS. The average molecular weight is 415 g/mol. The fourth-order valence-corrected chi connectivity index (χ4v) is 4.23. The Bertz CT molecular complexity index is 919. The third-order valence-corrected chi connectivity index (χ3v) is 5.33. The molecule has 0 radical (unpaired) electrons. The lowest BCUT2D eigenvalue weighted by molar-refractivity contribution is -0.113. The first-order valence-electron chi connectivity index (χ1n) is 7.52. The number of rotatable bonds is 5. The van der Waals surface area contributed by atoms with E-state index in [1.807, 2.05) is 31.2 Å². The van der Waals surface area contributed by atoms with Gasteiger partial charge in [0.1, 0.15) is 0 Å². The topological polar surface area (TPSA) is 46.9 Å². The SMILES string of the molecule is CCn1c(SCC(=O)Nc2c(Cl)cc(Cl)cc2Cl)nc2ccccc21. The number of hydrogen-bond donors (Lipinski definition) is 1. The van der Waals surface area contributed by atoms with Gasteiger partial charge in [0, 0.05) is 11.6 Å². The second-order valence-corrected chi connectivity index (χ2v) is 7.40. The molecule has 130 valence electrons. The number of nitrogens with zero attached hydrogens (tertiary/aromatic N) is 2. The van der Waals surface area contributed by atoms with Gasteiger partial charge in [-0.25, -0.2) is 4.98 Å². The normalized spacial score (nSPS) is 11.0. The summed E-state index contributed by atoms with van der Waals surface area (Å²) in [6.45, 7) is 2.82. The summed E-state index contributed by atoms with van der Waals surface area (Å²) in [6.07, 6.45) is 0. The van der Waals surface area contributed by atoms with Gasteiger partial charge in [0.2, 0.25) is 5.91 Å². The van der Waals surface area contributed by atoms with Gasteiger partial charge in [-0.3, -0.25) is 4.79 Å². The largest absolute Gasteiger partial charge is 0.323 e. The van der Waals surface area contributed by atoms with Crippen LogP contribution in [0.2, 0.25) is 15.1 Å². The first-order chi connectivity index (χ1) is 12.0. The van der Waals surface area contributed by atoms with E-state index in [9.17, 15) is 4.79 Å². The first-order valence-corrected chi connectivity index (χ1v) is 9.64. The second kappa shape index (κ2) is 7.87. The Hall–Kier alpha value is -1.40. The highest BCUT2D eigenvalue weighted by molar-refractivity contribution is 7.99. The van der Waals surface area contributed by atoms with Crippen molar-refractivity contribution in [1.29, 1.82) is 0 Å². The molecule has 4 nitrogen and oxygen atoms in total. The molecule has 0 spiro atoms. The van der Waals surface area contributed by atoms with Crippen LogP contribution in [-0.2, 0) is 11.3 Å². The molecule has 8 heteroatoms. The number of thioether (sulfide) groups is 1. The van der Waals surface area contributed by atoms with E-state index in [1.54, 1.807) is 0 Å². The molecule has 0 bridgehead atoms. The van der Waals surface area contributed by atoms with Gasteiger partial charge in [-0.1, -0.05) is 58.7 Å². The van der Waals surface area contributed by atoms with Crippen molar-refractivity contribution in [2.45, 2.75) is 18.6 Å². The molecule has 0 unspecified atom stereocenters. The number of hydrogen-bond acceptors (Lipinski definition) is 3. The van der Waals surface area contributed by atoms with Gasteiger partial charge in [-0.2, -0.15) is 0 Å². The van der Waals surface area contributed by atoms with E-state index >= 15 is 0 Å². The van der Waals surface area contributed by atoms with E-state index in [-0.39, 0.29) is 11.7 Å². The lowest BCUT2D eigenvalue weighted by Gasteiger charge is -2.10. The van der Waals surface area contributed by atoms with Crippen molar-refractivity contribution >= 4 is 69.2 Å². The molecule has 0 atom stereocenters. The van der Waals surface area contributed by atoms with Crippen molar-refractivity contribution in [2.24, 2.45) is 0 Å². The number of fused-ring (bicyclic) bond motifs is 1. The van der Waals surface area contributed by atoms with E-state index in [0.29, 0.717) is 20.8 Å². The molecule has 2 aromatic carbocycles. The molecule has 0 saturated heterocycles. The predicted molar refractivity (Wildman–Crippen MR) is 106 cm³/mol. The molecule has 1 amide bonds. The number of imidazole rings is 1. The molecule has 1 heterocycles. The van der Waals surface area contributed by atoms with Crippen LogP contribution in [0, 0.1) is 0 Å². The van der Waals surface area contributed by atoms with E-state index in [2.05, 4.69) is 14.9 Å². The number of para-hydroxylation sites is 2. The predicted octanol–water partition coefficient (Wildman–Crippen LogP) is 5.75. The Morgan fingerprint density at radius 1 is 1.20 bits per heavy atom. The molecule has 0 fully saturated rings. The van der Waals surface area contributed by atoms with Crippen LogP contribution in [0.3, 0.4) is 0 Å². The second-order valence-electron chi connectivity index (χ2n) is 5.21. The average Bonchev–Trinajstić information content (AvgIpc) is 2.93. The molecular weight excluding hydrogens is 401 g/mol. The van der Waals surface area contributed by atoms with Crippen LogP contribution in [0.15, 0.2) is 41.6 Å². The van der Waals surface area contributed by atoms with Gasteiger partial charge in [-0.15, -0.1) is 0 Å². The summed E-state index contributed by atoms with van der Waals surface area (Å²) >= 11 is 19.4. The summed E-state index contributed by atoms with van der Waals surface area (Å²) in [7, 11) is 0. The molecule has 0 aliphatic rings. The zero-order chi connectivity index (χ0) is 18.0. The molecule has 0 aliphatic carbocycles. The summed E-state index contributed by atoms with van der Waals surface area (Å²) in [5, 5.41) is 4.55. The highest BCUT2D eigenvalue weighted by atomic mass is 35.5. The number of aryl methyl sites for hydroxylation is 1. The highest BCUT2D eigenvalue weighted by Crippen LogP contribution is 2.34. The summed E-state index contributed by atoms with van der Waals surface area (Å²) in [4.78, 5) is 16.9. The minimum atomic E-state index is -0.217. The van der Waals surface area contributed by atoms with Crippen LogP contribution >= 0.6 is 46.6 Å². The van der Waals surface area contributed by atoms with Crippen molar-refractivity contribution in [3.63, 3.8) is 0 Å². The van der Waals surface area contributed by atoms with Gasteiger partial charge in [0.15, 0.2) is 5.16 Å². The van der Waals surface area contributed by atoms with Crippen molar-refractivity contribution in [3.05, 3.63) is 51.5 Å². The maximum absolute atomic E-state index is 12.3. The van der Waals surface area contributed by atoms with Crippen LogP contribution in [0.1, 0.15) is 6.92 Å². The van der Waals surface area contributed by atoms with Gasteiger partial charge in [0.25, 0.3) is 0 Å². The zero-order valence-corrected chi connectivity index (χ0v) is 16.3. The Labute approximate surface area is 164 Å². The Morgan fingerprint density at radius 3 is 2.56 bits per heavy atom. The number of amides is 1. The van der Waals surface area contributed by atoms with Crippen LogP contribution in [0.5, 0.6) is 0 Å². The number of anilines is 1. The van der Waals surface area contributed by atoms with Crippen LogP contribution < -0.4 is 5.32 Å². The van der Waals surface area contributed by atoms with Crippen molar-refractivity contribution in [3.8, 4) is 0 Å². The molecule has 3 rings (SSSR count). The monoisotopic (exact) mass is 413 g/mol. The number of carbonyl (C=O) groups excluding carboxylic acids is 1. The standard InChI is InChI=1S/C17H14Cl3N3OS/c1-2-23-14-6-4-3-5-13(14)21-17(23)25-9-15(24)22-16-11(19)7-10(18)8-12(16)20/h3-8H,2,9H2,1H3,(H,22,24). The molecule has 0 aliphatic heterocycles. The number of carbonyl (C=O) groups is 1. The Balaban J connectivity index is 1.73.